The Hall–Kier alpha value is -1.31. The van der Waals surface area contributed by atoms with E-state index in [4.69, 9.17) is 11.6 Å². The van der Waals surface area contributed by atoms with Crippen molar-refractivity contribution in [3.63, 3.8) is 0 Å². The van der Waals surface area contributed by atoms with Gasteiger partial charge in [0.1, 0.15) is 0 Å². The van der Waals surface area contributed by atoms with E-state index in [-0.39, 0.29) is 6.04 Å². The quantitative estimate of drug-likeness (QED) is 0.737. The predicted octanol–water partition coefficient (Wildman–Crippen LogP) is 5.55. The third-order valence-electron chi connectivity index (χ3n) is 3.72. The van der Waals surface area contributed by atoms with E-state index < -0.39 is 0 Å². The van der Waals surface area contributed by atoms with Crippen LogP contribution in [0, 0.1) is 0 Å². The summed E-state index contributed by atoms with van der Waals surface area (Å²) in [5.74, 6) is 0.562. The Bertz CT molecular complexity index is 560. The summed E-state index contributed by atoms with van der Waals surface area (Å²) in [6, 6.07) is 17.2. The average Bonchev–Trinajstić information content (AvgIpc) is 2.48. The molecule has 0 aliphatic rings. The number of halogens is 1. The molecule has 2 rings (SSSR count). The second kappa shape index (κ2) is 7.63. The van der Waals surface area contributed by atoms with Crippen molar-refractivity contribution in [2.24, 2.45) is 0 Å². The minimum atomic E-state index is 0.199. The lowest BCUT2D eigenvalue weighted by Gasteiger charge is -2.20. The largest absolute Gasteiger partial charge is 0.306 e. The van der Waals surface area contributed by atoms with Crippen molar-refractivity contribution in [3.05, 3.63) is 70.2 Å². The first-order valence-electron chi connectivity index (χ1n) is 7.70. The fourth-order valence-corrected chi connectivity index (χ4v) is 2.68. The van der Waals surface area contributed by atoms with Gasteiger partial charge in [-0.05, 0) is 47.7 Å². The van der Waals surface area contributed by atoms with Crippen LogP contribution >= 0.6 is 11.6 Å². The van der Waals surface area contributed by atoms with Gasteiger partial charge >= 0.3 is 0 Å². The minimum Gasteiger partial charge on any atom is -0.306 e. The molecule has 1 unspecified atom stereocenters. The smallest absolute Gasteiger partial charge is 0.0577 e. The Balaban J connectivity index is 2.31. The minimum absolute atomic E-state index is 0.199. The van der Waals surface area contributed by atoms with E-state index in [1.54, 1.807) is 0 Å². The summed E-state index contributed by atoms with van der Waals surface area (Å²) in [4.78, 5) is 0. The van der Waals surface area contributed by atoms with Gasteiger partial charge in [-0.2, -0.15) is 0 Å². The van der Waals surface area contributed by atoms with Crippen LogP contribution in [0.2, 0.25) is 5.02 Å². The molecular formula is C19H24ClN. The monoisotopic (exact) mass is 301 g/mol. The van der Waals surface area contributed by atoms with Crippen LogP contribution in [0.3, 0.4) is 0 Å². The molecule has 2 aromatic carbocycles. The number of hydrogen-bond acceptors (Lipinski definition) is 1. The lowest BCUT2D eigenvalue weighted by Crippen LogP contribution is -2.23. The van der Waals surface area contributed by atoms with Crippen molar-refractivity contribution in [2.75, 3.05) is 6.54 Å². The van der Waals surface area contributed by atoms with Crippen LogP contribution in [0.25, 0.3) is 0 Å². The van der Waals surface area contributed by atoms with Gasteiger partial charge in [0.15, 0.2) is 0 Å². The normalized spacial score (nSPS) is 12.6. The molecule has 1 atom stereocenters. The molecule has 0 fully saturated rings. The molecule has 0 heterocycles. The molecular weight excluding hydrogens is 278 g/mol. The number of hydrogen-bond donors (Lipinski definition) is 1. The van der Waals surface area contributed by atoms with Crippen LogP contribution in [-0.4, -0.2) is 6.54 Å². The van der Waals surface area contributed by atoms with Crippen molar-refractivity contribution in [1.82, 2.24) is 5.32 Å². The number of benzene rings is 2. The van der Waals surface area contributed by atoms with Gasteiger partial charge in [0, 0.05) is 5.02 Å². The van der Waals surface area contributed by atoms with Gasteiger partial charge in [0.05, 0.1) is 6.04 Å². The highest BCUT2D eigenvalue weighted by atomic mass is 35.5. The Morgan fingerprint density at radius 2 is 1.62 bits per heavy atom. The van der Waals surface area contributed by atoms with E-state index >= 15 is 0 Å². The van der Waals surface area contributed by atoms with E-state index in [1.807, 2.05) is 18.2 Å². The number of nitrogens with one attached hydrogen (secondary N) is 1. The highest BCUT2D eigenvalue weighted by Crippen LogP contribution is 2.26. The van der Waals surface area contributed by atoms with Crippen LogP contribution in [0.5, 0.6) is 0 Å². The molecule has 0 saturated carbocycles. The van der Waals surface area contributed by atoms with E-state index in [1.165, 1.54) is 16.7 Å². The molecule has 21 heavy (non-hydrogen) atoms. The maximum Gasteiger partial charge on any atom is 0.0577 e. The summed E-state index contributed by atoms with van der Waals surface area (Å²) in [6.45, 7) is 7.62. The summed E-state index contributed by atoms with van der Waals surface area (Å²) in [5, 5.41) is 4.41. The van der Waals surface area contributed by atoms with Crippen molar-refractivity contribution in [1.29, 1.82) is 0 Å². The molecule has 1 nitrogen and oxygen atoms in total. The fraction of sp³-hybridized carbons (Fsp3) is 0.368. The molecule has 0 radical (unpaired) electrons. The lowest BCUT2D eigenvalue weighted by atomic mass is 9.95. The third kappa shape index (κ3) is 4.33. The van der Waals surface area contributed by atoms with Gasteiger partial charge in [-0.25, -0.2) is 0 Å². The first-order chi connectivity index (χ1) is 10.1. The maximum atomic E-state index is 6.15. The molecule has 112 valence electrons. The van der Waals surface area contributed by atoms with E-state index in [2.05, 4.69) is 56.4 Å². The van der Waals surface area contributed by atoms with Crippen molar-refractivity contribution < 1.29 is 0 Å². The van der Waals surface area contributed by atoms with E-state index in [0.717, 1.165) is 18.0 Å². The standard InChI is InChI=1S/C19H24ClN/c1-4-12-21-19(17-6-5-7-18(20)13-17)16-10-8-15(9-11-16)14(2)3/h5-11,13-14,19,21H,4,12H2,1-3H3. The molecule has 0 aromatic heterocycles. The number of rotatable bonds is 6. The van der Waals surface area contributed by atoms with Crippen LogP contribution in [-0.2, 0) is 0 Å². The molecule has 0 saturated heterocycles. The van der Waals surface area contributed by atoms with E-state index in [0.29, 0.717) is 5.92 Å². The Morgan fingerprint density at radius 3 is 2.19 bits per heavy atom. The zero-order valence-electron chi connectivity index (χ0n) is 13.1. The summed E-state index contributed by atoms with van der Waals surface area (Å²) in [5.41, 5.74) is 3.88. The fourth-order valence-electron chi connectivity index (χ4n) is 2.48. The molecule has 0 aliphatic heterocycles. The van der Waals surface area contributed by atoms with Gasteiger partial charge < -0.3 is 5.32 Å². The summed E-state index contributed by atoms with van der Waals surface area (Å²) in [6.07, 6.45) is 1.11. The summed E-state index contributed by atoms with van der Waals surface area (Å²) in [7, 11) is 0. The Morgan fingerprint density at radius 1 is 0.952 bits per heavy atom. The highest BCUT2D eigenvalue weighted by molar-refractivity contribution is 6.30. The van der Waals surface area contributed by atoms with Gasteiger partial charge in [-0.15, -0.1) is 0 Å². The lowest BCUT2D eigenvalue weighted by molar-refractivity contribution is 0.598. The molecule has 0 aliphatic carbocycles. The second-order valence-electron chi connectivity index (χ2n) is 5.76. The maximum absolute atomic E-state index is 6.15. The van der Waals surface area contributed by atoms with Crippen LogP contribution in [0.1, 0.15) is 55.8 Å². The van der Waals surface area contributed by atoms with Gasteiger partial charge in [-0.1, -0.05) is 68.8 Å². The average molecular weight is 302 g/mol. The summed E-state index contributed by atoms with van der Waals surface area (Å²) >= 11 is 6.15. The summed E-state index contributed by atoms with van der Waals surface area (Å²) < 4.78 is 0. The van der Waals surface area contributed by atoms with Gasteiger partial charge in [-0.3, -0.25) is 0 Å². The van der Waals surface area contributed by atoms with Crippen LogP contribution in [0.15, 0.2) is 48.5 Å². The highest BCUT2D eigenvalue weighted by Gasteiger charge is 2.13. The molecule has 2 heteroatoms. The topological polar surface area (TPSA) is 12.0 Å². The molecule has 2 aromatic rings. The molecule has 0 amide bonds. The van der Waals surface area contributed by atoms with Gasteiger partial charge in [0.2, 0.25) is 0 Å². The zero-order valence-corrected chi connectivity index (χ0v) is 13.8. The SMILES string of the molecule is CCCNC(c1ccc(C(C)C)cc1)c1cccc(Cl)c1. The van der Waals surface area contributed by atoms with Crippen molar-refractivity contribution in [2.45, 2.75) is 39.2 Å². The Kier molecular flexibility index (Phi) is 5.84. The molecule has 0 spiro atoms. The molecule has 1 N–H and O–H groups in total. The third-order valence-corrected chi connectivity index (χ3v) is 3.95. The van der Waals surface area contributed by atoms with Crippen LogP contribution in [0.4, 0.5) is 0 Å². The van der Waals surface area contributed by atoms with Crippen LogP contribution < -0.4 is 5.32 Å². The first kappa shape index (κ1) is 16.1. The van der Waals surface area contributed by atoms with E-state index in [9.17, 15) is 0 Å². The first-order valence-corrected chi connectivity index (χ1v) is 8.08. The second-order valence-corrected chi connectivity index (χ2v) is 6.20. The Labute approximate surface area is 133 Å². The van der Waals surface area contributed by atoms with Gasteiger partial charge in [0.25, 0.3) is 0 Å². The van der Waals surface area contributed by atoms with Crippen molar-refractivity contribution >= 4 is 11.6 Å². The zero-order chi connectivity index (χ0) is 15.2. The van der Waals surface area contributed by atoms with Crippen molar-refractivity contribution in [3.8, 4) is 0 Å². The predicted molar refractivity (Wildman–Crippen MR) is 92.1 cm³/mol. The molecule has 0 bridgehead atoms.